The first-order valence-electron chi connectivity index (χ1n) is 6.59. The standard InChI is InChI=1S/C16H18BrFS/c1-2-15-6-7-16(19-15)10-13(11-17)8-12-4-3-5-14(18)9-12/h3-7,9,13H,2,8,10-11H2,1H3. The monoisotopic (exact) mass is 340 g/mol. The first kappa shape index (κ1) is 14.7. The van der Waals surface area contributed by atoms with E-state index >= 15 is 0 Å². The smallest absolute Gasteiger partial charge is 0.123 e. The lowest BCUT2D eigenvalue weighted by Crippen LogP contribution is -2.09. The van der Waals surface area contributed by atoms with Gasteiger partial charge in [-0.05, 0) is 55.0 Å². The van der Waals surface area contributed by atoms with Gasteiger partial charge in [0.1, 0.15) is 5.82 Å². The molecule has 1 atom stereocenters. The summed E-state index contributed by atoms with van der Waals surface area (Å²) in [5, 5.41) is 0.947. The summed E-state index contributed by atoms with van der Waals surface area (Å²) in [6.45, 7) is 2.18. The van der Waals surface area contributed by atoms with Gasteiger partial charge in [0.25, 0.3) is 0 Å². The zero-order valence-electron chi connectivity index (χ0n) is 11.0. The average molecular weight is 341 g/mol. The quantitative estimate of drug-likeness (QED) is 0.630. The normalized spacial score (nSPS) is 12.6. The lowest BCUT2D eigenvalue weighted by Gasteiger charge is -2.13. The van der Waals surface area contributed by atoms with Gasteiger partial charge < -0.3 is 0 Å². The number of aryl methyl sites for hydroxylation is 1. The number of halogens is 2. The number of hydrogen-bond acceptors (Lipinski definition) is 1. The Morgan fingerprint density at radius 2 is 1.95 bits per heavy atom. The molecule has 0 fully saturated rings. The molecule has 2 aromatic rings. The fourth-order valence-electron chi connectivity index (χ4n) is 2.19. The average Bonchev–Trinajstić information content (AvgIpc) is 2.85. The van der Waals surface area contributed by atoms with E-state index < -0.39 is 0 Å². The number of benzene rings is 1. The molecule has 1 aromatic carbocycles. The van der Waals surface area contributed by atoms with Crippen LogP contribution in [0.25, 0.3) is 0 Å². The van der Waals surface area contributed by atoms with Gasteiger partial charge in [-0.3, -0.25) is 0 Å². The predicted molar refractivity (Wildman–Crippen MR) is 84.8 cm³/mol. The first-order valence-corrected chi connectivity index (χ1v) is 8.53. The molecule has 0 saturated heterocycles. The van der Waals surface area contributed by atoms with Gasteiger partial charge in [-0.15, -0.1) is 11.3 Å². The van der Waals surface area contributed by atoms with Gasteiger partial charge in [-0.2, -0.15) is 0 Å². The molecule has 0 bridgehead atoms. The summed E-state index contributed by atoms with van der Waals surface area (Å²) in [7, 11) is 0. The molecule has 0 radical (unpaired) electrons. The van der Waals surface area contributed by atoms with Crippen LogP contribution in [-0.2, 0) is 19.3 Å². The molecule has 0 saturated carbocycles. The van der Waals surface area contributed by atoms with Crippen molar-refractivity contribution in [3.05, 3.63) is 57.5 Å². The second-order valence-electron chi connectivity index (χ2n) is 4.78. The van der Waals surface area contributed by atoms with Crippen LogP contribution in [0.2, 0.25) is 0 Å². The Morgan fingerprint density at radius 3 is 2.58 bits per heavy atom. The lowest BCUT2D eigenvalue weighted by atomic mass is 9.97. The molecule has 0 nitrogen and oxygen atoms in total. The zero-order chi connectivity index (χ0) is 13.7. The van der Waals surface area contributed by atoms with E-state index in [0.717, 1.165) is 30.2 Å². The Morgan fingerprint density at radius 1 is 1.16 bits per heavy atom. The fraction of sp³-hybridized carbons (Fsp3) is 0.375. The summed E-state index contributed by atoms with van der Waals surface area (Å²) in [5.74, 6) is 0.375. The van der Waals surface area contributed by atoms with Crippen molar-refractivity contribution in [3.8, 4) is 0 Å². The van der Waals surface area contributed by atoms with Crippen molar-refractivity contribution in [3.63, 3.8) is 0 Å². The molecular weight excluding hydrogens is 323 g/mol. The van der Waals surface area contributed by atoms with E-state index in [9.17, 15) is 4.39 Å². The van der Waals surface area contributed by atoms with Crippen LogP contribution in [0.3, 0.4) is 0 Å². The van der Waals surface area contributed by atoms with Crippen molar-refractivity contribution in [2.24, 2.45) is 5.92 Å². The minimum absolute atomic E-state index is 0.143. The zero-order valence-corrected chi connectivity index (χ0v) is 13.4. The van der Waals surface area contributed by atoms with Gasteiger partial charge in [0, 0.05) is 15.1 Å². The summed E-state index contributed by atoms with van der Waals surface area (Å²) >= 11 is 5.48. The molecule has 102 valence electrons. The Kier molecular flexibility index (Phi) is 5.59. The van der Waals surface area contributed by atoms with Crippen molar-refractivity contribution < 1.29 is 4.39 Å². The van der Waals surface area contributed by atoms with E-state index in [1.807, 2.05) is 17.4 Å². The van der Waals surface area contributed by atoms with E-state index in [1.54, 1.807) is 12.1 Å². The van der Waals surface area contributed by atoms with Crippen molar-refractivity contribution in [2.75, 3.05) is 5.33 Å². The van der Waals surface area contributed by atoms with Gasteiger partial charge in [-0.1, -0.05) is 35.0 Å². The number of alkyl halides is 1. The molecule has 19 heavy (non-hydrogen) atoms. The number of hydrogen-bond donors (Lipinski definition) is 0. The molecule has 0 amide bonds. The molecule has 0 aliphatic heterocycles. The van der Waals surface area contributed by atoms with E-state index in [-0.39, 0.29) is 5.82 Å². The van der Waals surface area contributed by atoms with Gasteiger partial charge in [0.2, 0.25) is 0 Å². The predicted octanol–water partition coefficient (Wildman–Crippen LogP) is 5.25. The second kappa shape index (κ2) is 7.20. The molecule has 1 heterocycles. The molecule has 0 aliphatic carbocycles. The minimum Gasteiger partial charge on any atom is -0.207 e. The Bertz CT molecular complexity index is 521. The molecule has 0 N–H and O–H groups in total. The van der Waals surface area contributed by atoms with E-state index in [2.05, 4.69) is 35.0 Å². The van der Waals surface area contributed by atoms with E-state index in [0.29, 0.717) is 5.92 Å². The summed E-state index contributed by atoms with van der Waals surface area (Å²) in [6.07, 6.45) is 3.09. The largest absolute Gasteiger partial charge is 0.207 e. The maximum Gasteiger partial charge on any atom is 0.123 e. The third kappa shape index (κ3) is 4.43. The maximum absolute atomic E-state index is 13.2. The molecule has 1 unspecified atom stereocenters. The van der Waals surface area contributed by atoms with Gasteiger partial charge in [0.15, 0.2) is 0 Å². The van der Waals surface area contributed by atoms with Gasteiger partial charge >= 0.3 is 0 Å². The second-order valence-corrected chi connectivity index (χ2v) is 6.68. The molecular formula is C16H18BrFS. The SMILES string of the molecule is CCc1ccc(CC(CBr)Cc2cccc(F)c2)s1. The van der Waals surface area contributed by atoms with Crippen molar-refractivity contribution in [1.82, 2.24) is 0 Å². The Labute approximate surface area is 126 Å². The fourth-order valence-corrected chi connectivity index (χ4v) is 3.72. The van der Waals surface area contributed by atoms with E-state index in [4.69, 9.17) is 0 Å². The van der Waals surface area contributed by atoms with Crippen LogP contribution in [0.1, 0.15) is 22.2 Å². The molecule has 0 spiro atoms. The van der Waals surface area contributed by atoms with Gasteiger partial charge in [-0.25, -0.2) is 4.39 Å². The number of rotatable bonds is 6. The van der Waals surface area contributed by atoms with Gasteiger partial charge in [0.05, 0.1) is 0 Å². The van der Waals surface area contributed by atoms with Crippen LogP contribution in [-0.4, -0.2) is 5.33 Å². The minimum atomic E-state index is -0.143. The molecule has 0 aliphatic rings. The highest BCUT2D eigenvalue weighted by Crippen LogP contribution is 2.23. The summed E-state index contributed by atoms with van der Waals surface area (Å²) in [4.78, 5) is 2.87. The summed E-state index contributed by atoms with van der Waals surface area (Å²) in [5.41, 5.74) is 1.08. The highest BCUT2D eigenvalue weighted by molar-refractivity contribution is 9.09. The van der Waals surface area contributed by atoms with Crippen LogP contribution in [0, 0.1) is 11.7 Å². The lowest BCUT2D eigenvalue weighted by molar-refractivity contribution is 0.586. The van der Waals surface area contributed by atoms with Crippen LogP contribution in [0.4, 0.5) is 4.39 Å². The van der Waals surface area contributed by atoms with E-state index in [1.165, 1.54) is 15.8 Å². The maximum atomic E-state index is 13.2. The highest BCUT2D eigenvalue weighted by Gasteiger charge is 2.11. The highest BCUT2D eigenvalue weighted by atomic mass is 79.9. The van der Waals surface area contributed by atoms with Crippen LogP contribution >= 0.6 is 27.3 Å². The Balaban J connectivity index is 2.00. The summed E-state index contributed by atoms with van der Waals surface area (Å²) in [6, 6.07) is 11.4. The first-order chi connectivity index (χ1) is 9.21. The van der Waals surface area contributed by atoms with Crippen LogP contribution in [0.5, 0.6) is 0 Å². The van der Waals surface area contributed by atoms with Crippen molar-refractivity contribution >= 4 is 27.3 Å². The third-order valence-electron chi connectivity index (χ3n) is 3.19. The van der Waals surface area contributed by atoms with Crippen LogP contribution < -0.4 is 0 Å². The molecule has 3 heteroatoms. The van der Waals surface area contributed by atoms with Crippen LogP contribution in [0.15, 0.2) is 36.4 Å². The summed E-state index contributed by atoms with van der Waals surface area (Å²) < 4.78 is 13.2. The topological polar surface area (TPSA) is 0 Å². The number of thiophene rings is 1. The van der Waals surface area contributed by atoms with Crippen molar-refractivity contribution in [1.29, 1.82) is 0 Å². The molecule has 2 rings (SSSR count). The third-order valence-corrected chi connectivity index (χ3v) is 5.35. The molecule has 1 aromatic heterocycles. The van der Waals surface area contributed by atoms with Crippen molar-refractivity contribution in [2.45, 2.75) is 26.2 Å². The Hall–Kier alpha value is -0.670.